The summed E-state index contributed by atoms with van der Waals surface area (Å²) in [6.07, 6.45) is 4.69. The number of morpholine rings is 1. The maximum Gasteiger partial charge on any atom is 0.247 e. The first-order valence-electron chi connectivity index (χ1n) is 13.5. The molecule has 0 radical (unpaired) electrons. The summed E-state index contributed by atoms with van der Waals surface area (Å²) in [4.78, 5) is 25.7. The van der Waals surface area contributed by atoms with Crippen LogP contribution in [0.5, 0.6) is 5.75 Å². The molecule has 2 fully saturated rings. The number of benzene rings is 2. The van der Waals surface area contributed by atoms with E-state index in [1.807, 2.05) is 12.1 Å². The van der Waals surface area contributed by atoms with Gasteiger partial charge in [-0.1, -0.05) is 18.2 Å². The van der Waals surface area contributed by atoms with E-state index in [9.17, 15) is 9.18 Å². The summed E-state index contributed by atoms with van der Waals surface area (Å²) in [6.45, 7) is 8.82. The predicted octanol–water partition coefficient (Wildman–Crippen LogP) is 5.19. The number of methoxy groups -OCH3 is 1. The quantitative estimate of drug-likeness (QED) is 0.294. The van der Waals surface area contributed by atoms with Crippen LogP contribution in [0.2, 0.25) is 5.02 Å². The molecule has 3 aromatic rings. The largest absolute Gasteiger partial charge is 0.494 e. The molecular formula is C29H33ClFN7O3. The van der Waals surface area contributed by atoms with Crippen LogP contribution in [0.4, 0.5) is 38.8 Å². The van der Waals surface area contributed by atoms with E-state index in [2.05, 4.69) is 42.3 Å². The minimum atomic E-state index is -0.501. The fourth-order valence-electron chi connectivity index (χ4n) is 5.15. The van der Waals surface area contributed by atoms with Crippen LogP contribution < -0.4 is 25.6 Å². The second kappa shape index (κ2) is 13.2. The SMILES string of the molecule is C=CC(=O)Nc1cc(Nc2cc(Nc3ccc(F)c(Cl)c3)ncn2)c(OC)cc1N1CCC(N2CCOCC2)CC1. The molecule has 0 bridgehead atoms. The standard InChI is InChI=1S/C29H33ClFN7O3/c1-3-29(39)36-23-15-24(35-28-17-27(32-18-33-28)34-19-4-5-22(31)21(30)14-19)26(40-2)16-25(23)38-8-6-20(7-9-38)37-10-12-41-13-11-37/h3-5,14-18,20H,1,6-13H2,2H3,(H,36,39)(H2,32,33,34,35). The third-order valence-electron chi connectivity index (χ3n) is 7.25. The van der Waals surface area contributed by atoms with Gasteiger partial charge in [0.05, 0.1) is 42.4 Å². The lowest BCUT2D eigenvalue weighted by Crippen LogP contribution is -2.49. The minimum Gasteiger partial charge on any atom is -0.494 e. The molecule has 2 aromatic carbocycles. The van der Waals surface area contributed by atoms with Crippen LogP contribution >= 0.6 is 11.6 Å². The third-order valence-corrected chi connectivity index (χ3v) is 7.54. The van der Waals surface area contributed by atoms with Crippen molar-refractivity contribution in [1.29, 1.82) is 0 Å². The molecule has 0 saturated carbocycles. The number of carbonyl (C=O) groups is 1. The van der Waals surface area contributed by atoms with Gasteiger partial charge in [0.15, 0.2) is 0 Å². The third kappa shape index (κ3) is 7.05. The van der Waals surface area contributed by atoms with Gasteiger partial charge in [-0.25, -0.2) is 14.4 Å². The van der Waals surface area contributed by atoms with Gasteiger partial charge >= 0.3 is 0 Å². The molecule has 2 saturated heterocycles. The molecule has 0 atom stereocenters. The number of nitrogens with one attached hydrogen (secondary N) is 3. The highest BCUT2D eigenvalue weighted by molar-refractivity contribution is 6.31. The van der Waals surface area contributed by atoms with E-state index in [1.54, 1.807) is 19.2 Å². The van der Waals surface area contributed by atoms with Crippen molar-refractivity contribution < 1.29 is 18.7 Å². The highest BCUT2D eigenvalue weighted by atomic mass is 35.5. The second-order valence-corrected chi connectivity index (χ2v) is 10.2. The Balaban J connectivity index is 1.36. The van der Waals surface area contributed by atoms with Crippen molar-refractivity contribution in [1.82, 2.24) is 14.9 Å². The molecule has 5 rings (SSSR count). The monoisotopic (exact) mass is 581 g/mol. The van der Waals surface area contributed by atoms with Crippen LogP contribution in [0.3, 0.4) is 0 Å². The van der Waals surface area contributed by atoms with Crippen molar-refractivity contribution in [2.24, 2.45) is 0 Å². The molecule has 2 aliphatic heterocycles. The van der Waals surface area contributed by atoms with Gasteiger partial charge in [-0.3, -0.25) is 9.69 Å². The van der Waals surface area contributed by atoms with E-state index in [4.69, 9.17) is 21.1 Å². The first-order chi connectivity index (χ1) is 19.9. The molecular weight excluding hydrogens is 549 g/mol. The molecule has 1 aromatic heterocycles. The topological polar surface area (TPSA) is 104 Å². The van der Waals surface area contributed by atoms with Crippen molar-refractivity contribution >= 4 is 51.9 Å². The number of piperidine rings is 1. The summed E-state index contributed by atoms with van der Waals surface area (Å²) < 4.78 is 24.8. The van der Waals surface area contributed by atoms with E-state index >= 15 is 0 Å². The minimum absolute atomic E-state index is 0.00616. The lowest BCUT2D eigenvalue weighted by Gasteiger charge is -2.41. The van der Waals surface area contributed by atoms with Crippen LogP contribution in [0.15, 0.2) is 55.4 Å². The number of rotatable bonds is 9. The van der Waals surface area contributed by atoms with Crippen molar-refractivity contribution in [3.63, 3.8) is 0 Å². The molecule has 3 heterocycles. The summed E-state index contributed by atoms with van der Waals surface area (Å²) in [5, 5.41) is 9.32. The van der Waals surface area contributed by atoms with Gasteiger partial charge in [0.2, 0.25) is 5.91 Å². The molecule has 2 aliphatic rings. The first kappa shape index (κ1) is 28.6. The van der Waals surface area contributed by atoms with Crippen LogP contribution in [0.25, 0.3) is 0 Å². The number of anilines is 6. The lowest BCUT2D eigenvalue weighted by atomic mass is 10.0. The Bertz CT molecular complexity index is 1390. The summed E-state index contributed by atoms with van der Waals surface area (Å²) in [7, 11) is 1.60. The van der Waals surface area contributed by atoms with Crippen molar-refractivity contribution in [3.8, 4) is 5.75 Å². The number of ether oxygens (including phenoxy) is 2. The van der Waals surface area contributed by atoms with Crippen LogP contribution in [-0.4, -0.2) is 73.3 Å². The van der Waals surface area contributed by atoms with Gasteiger partial charge in [0, 0.05) is 50.0 Å². The van der Waals surface area contributed by atoms with Gasteiger partial charge in [-0.15, -0.1) is 0 Å². The van der Waals surface area contributed by atoms with Crippen LogP contribution in [-0.2, 0) is 9.53 Å². The van der Waals surface area contributed by atoms with E-state index in [0.29, 0.717) is 40.5 Å². The summed E-state index contributed by atoms with van der Waals surface area (Å²) in [5.74, 6) is 0.735. The molecule has 3 N–H and O–H groups in total. The Kier molecular flexibility index (Phi) is 9.17. The second-order valence-electron chi connectivity index (χ2n) is 9.80. The van der Waals surface area contributed by atoms with Crippen molar-refractivity contribution in [2.45, 2.75) is 18.9 Å². The number of hydrogen-bond donors (Lipinski definition) is 3. The van der Waals surface area contributed by atoms with Gasteiger partial charge in [-0.2, -0.15) is 0 Å². The zero-order valence-corrected chi connectivity index (χ0v) is 23.6. The number of amides is 1. The van der Waals surface area contributed by atoms with Crippen molar-refractivity contribution in [3.05, 3.63) is 66.2 Å². The summed E-state index contributed by atoms with van der Waals surface area (Å²) in [5.41, 5.74) is 2.70. The zero-order valence-electron chi connectivity index (χ0n) is 22.8. The van der Waals surface area contributed by atoms with E-state index in [1.165, 1.54) is 24.5 Å². The van der Waals surface area contributed by atoms with E-state index in [0.717, 1.165) is 57.9 Å². The van der Waals surface area contributed by atoms with Crippen LogP contribution in [0, 0.1) is 5.82 Å². The van der Waals surface area contributed by atoms with Gasteiger partial charge < -0.3 is 30.3 Å². The fraction of sp³-hybridized carbons (Fsp3) is 0.345. The number of hydrogen-bond acceptors (Lipinski definition) is 9. The number of aromatic nitrogens is 2. The van der Waals surface area contributed by atoms with Gasteiger partial charge in [0.25, 0.3) is 0 Å². The maximum absolute atomic E-state index is 13.5. The Morgan fingerprint density at radius 2 is 1.80 bits per heavy atom. The molecule has 41 heavy (non-hydrogen) atoms. The highest BCUT2D eigenvalue weighted by Crippen LogP contribution is 2.40. The van der Waals surface area contributed by atoms with E-state index in [-0.39, 0.29) is 10.9 Å². The molecule has 0 unspecified atom stereocenters. The first-order valence-corrected chi connectivity index (χ1v) is 13.8. The summed E-state index contributed by atoms with van der Waals surface area (Å²) >= 11 is 5.90. The Morgan fingerprint density at radius 3 is 2.49 bits per heavy atom. The molecule has 10 nitrogen and oxygen atoms in total. The summed E-state index contributed by atoms with van der Waals surface area (Å²) in [6, 6.07) is 10.3. The molecule has 216 valence electrons. The zero-order chi connectivity index (χ0) is 28.8. The van der Waals surface area contributed by atoms with Crippen molar-refractivity contribution in [2.75, 3.05) is 67.4 Å². The predicted molar refractivity (Wildman–Crippen MR) is 159 cm³/mol. The van der Waals surface area contributed by atoms with Gasteiger partial charge in [0.1, 0.15) is 29.5 Å². The smallest absolute Gasteiger partial charge is 0.247 e. The average molecular weight is 582 g/mol. The molecule has 12 heteroatoms. The fourth-order valence-corrected chi connectivity index (χ4v) is 5.33. The van der Waals surface area contributed by atoms with Gasteiger partial charge in [-0.05, 0) is 43.2 Å². The Morgan fingerprint density at radius 1 is 1.07 bits per heavy atom. The number of nitrogens with zero attached hydrogens (tertiary/aromatic N) is 4. The molecule has 1 amide bonds. The maximum atomic E-state index is 13.5. The normalized spacial score (nSPS) is 16.2. The number of halogens is 2. The average Bonchev–Trinajstić information content (AvgIpc) is 3.00. The highest BCUT2D eigenvalue weighted by Gasteiger charge is 2.28. The van der Waals surface area contributed by atoms with Crippen LogP contribution in [0.1, 0.15) is 12.8 Å². The molecule has 0 spiro atoms. The lowest BCUT2D eigenvalue weighted by molar-refractivity contribution is -0.111. The molecule has 0 aliphatic carbocycles. The Hall–Kier alpha value is -3.93. The Labute approximate surface area is 243 Å². The van der Waals surface area contributed by atoms with E-state index < -0.39 is 5.82 Å². The number of carbonyl (C=O) groups excluding carboxylic acids is 1.